The Bertz CT molecular complexity index is 644. The van der Waals surface area contributed by atoms with Gasteiger partial charge in [-0.25, -0.2) is 4.79 Å². The van der Waals surface area contributed by atoms with E-state index in [9.17, 15) is 18.4 Å². The number of benzene rings is 1. The Kier molecular flexibility index (Phi) is 5.07. The number of esters is 1. The molecule has 0 saturated carbocycles. The van der Waals surface area contributed by atoms with E-state index in [0.717, 1.165) is 0 Å². The minimum atomic E-state index is -3.01. The van der Waals surface area contributed by atoms with Crippen LogP contribution in [-0.4, -0.2) is 30.1 Å². The minimum absolute atomic E-state index is 0.0590. The van der Waals surface area contributed by atoms with Crippen LogP contribution < -0.4 is 10.1 Å². The number of ether oxygens (including phenoxy) is 2. The minimum Gasteiger partial charge on any atom is -0.451 e. The largest absolute Gasteiger partial charge is 0.451 e. The van der Waals surface area contributed by atoms with Crippen molar-refractivity contribution in [3.8, 4) is 5.75 Å². The molecule has 1 aromatic heterocycles. The summed E-state index contributed by atoms with van der Waals surface area (Å²) in [5.41, 5.74) is 0.262. The molecule has 2 aromatic rings. The first kappa shape index (κ1) is 15.5. The summed E-state index contributed by atoms with van der Waals surface area (Å²) in [5.74, 6) is -1.55. The van der Waals surface area contributed by atoms with Crippen molar-refractivity contribution in [2.45, 2.75) is 6.61 Å². The topological polar surface area (TPSA) is 80.4 Å². The monoisotopic (exact) mass is 310 g/mol. The van der Waals surface area contributed by atoms with E-state index in [2.05, 4.69) is 15.0 Å². The van der Waals surface area contributed by atoms with E-state index < -0.39 is 25.1 Å². The Hall–Kier alpha value is -2.90. The van der Waals surface area contributed by atoms with Crippen LogP contribution in [0.2, 0.25) is 0 Å². The fraction of sp³-hybridized carbons (Fsp3) is 0.143. The third-order valence-electron chi connectivity index (χ3n) is 2.53. The first-order chi connectivity index (χ1) is 10.6. The second kappa shape index (κ2) is 7.21. The third kappa shape index (κ3) is 4.30. The van der Waals surface area contributed by atoms with Crippen LogP contribution in [0.1, 0.15) is 10.5 Å². The van der Waals surface area contributed by atoms with Crippen LogP contribution in [0.15, 0.2) is 42.6 Å². The van der Waals surface area contributed by atoms with Crippen molar-refractivity contribution in [2.24, 2.45) is 0 Å². The molecule has 8 heteroatoms. The first-order valence-corrected chi connectivity index (χ1v) is 6.20. The predicted octanol–water partition coefficient (Wildman–Crippen LogP) is 2.41. The molecule has 1 aromatic carbocycles. The van der Waals surface area contributed by atoms with Crippen LogP contribution in [0.5, 0.6) is 5.75 Å². The van der Waals surface area contributed by atoms with Crippen LogP contribution in [0, 0.1) is 0 Å². The van der Waals surface area contributed by atoms with E-state index in [1.54, 1.807) is 12.1 Å². The number of halogens is 2. The molecule has 0 saturated heterocycles. The van der Waals surface area contributed by atoms with Gasteiger partial charge < -0.3 is 19.8 Å². The second-order valence-electron chi connectivity index (χ2n) is 4.08. The van der Waals surface area contributed by atoms with Crippen molar-refractivity contribution >= 4 is 17.6 Å². The molecule has 0 aliphatic heterocycles. The summed E-state index contributed by atoms with van der Waals surface area (Å²) >= 11 is 0. The lowest BCUT2D eigenvalue weighted by Crippen LogP contribution is -2.21. The zero-order valence-electron chi connectivity index (χ0n) is 11.2. The van der Waals surface area contributed by atoms with E-state index in [-0.39, 0.29) is 17.1 Å². The smallest absolute Gasteiger partial charge is 0.387 e. The van der Waals surface area contributed by atoms with Gasteiger partial charge in [-0.05, 0) is 24.3 Å². The maximum Gasteiger partial charge on any atom is 0.387 e. The van der Waals surface area contributed by atoms with Crippen molar-refractivity contribution in [3.63, 3.8) is 0 Å². The summed E-state index contributed by atoms with van der Waals surface area (Å²) in [5, 5.41) is 2.33. The normalized spacial score (nSPS) is 10.3. The Morgan fingerprint density at radius 1 is 1.18 bits per heavy atom. The molecule has 116 valence electrons. The second-order valence-corrected chi connectivity index (χ2v) is 4.08. The van der Waals surface area contributed by atoms with Crippen LogP contribution >= 0.6 is 0 Å². The van der Waals surface area contributed by atoms with Gasteiger partial charge in [0.05, 0.1) is 5.69 Å². The van der Waals surface area contributed by atoms with Gasteiger partial charge in [0.1, 0.15) is 11.4 Å². The standard InChI is InChI=1S/C14H12F2N2O4/c15-14(16)22-11-6-2-1-4-9(11)18-12(19)8-21-13(20)10-5-3-7-17-10/h1-7,14,17H,8H2,(H,18,19). The highest BCUT2D eigenvalue weighted by Gasteiger charge is 2.14. The number of carbonyl (C=O) groups is 2. The fourth-order valence-electron chi connectivity index (χ4n) is 1.62. The number of nitrogens with one attached hydrogen (secondary N) is 2. The van der Waals surface area contributed by atoms with Gasteiger partial charge in [0, 0.05) is 6.20 Å². The maximum absolute atomic E-state index is 12.2. The lowest BCUT2D eigenvalue weighted by Gasteiger charge is -2.11. The first-order valence-electron chi connectivity index (χ1n) is 6.20. The zero-order valence-corrected chi connectivity index (χ0v) is 11.2. The lowest BCUT2D eigenvalue weighted by molar-refractivity contribution is -0.119. The predicted molar refractivity (Wildman–Crippen MR) is 72.8 cm³/mol. The molecule has 0 bridgehead atoms. The molecule has 0 aliphatic carbocycles. The van der Waals surface area contributed by atoms with Gasteiger partial charge in [-0.2, -0.15) is 8.78 Å². The van der Waals surface area contributed by atoms with Gasteiger partial charge in [-0.15, -0.1) is 0 Å². The van der Waals surface area contributed by atoms with Crippen molar-refractivity contribution < 1.29 is 27.8 Å². The molecule has 0 aliphatic rings. The average Bonchev–Trinajstić information content (AvgIpc) is 3.00. The Labute approximate surface area is 124 Å². The molecule has 6 nitrogen and oxygen atoms in total. The highest BCUT2D eigenvalue weighted by atomic mass is 19.3. The Balaban J connectivity index is 1.91. The fourth-order valence-corrected chi connectivity index (χ4v) is 1.62. The molecule has 0 unspecified atom stereocenters. The molecule has 0 atom stereocenters. The van der Waals surface area contributed by atoms with E-state index in [0.29, 0.717) is 0 Å². The van der Waals surface area contributed by atoms with Gasteiger partial charge in [-0.1, -0.05) is 12.1 Å². The van der Waals surface area contributed by atoms with E-state index >= 15 is 0 Å². The number of amides is 1. The van der Waals surface area contributed by atoms with Gasteiger partial charge in [-0.3, -0.25) is 4.79 Å². The summed E-state index contributed by atoms with van der Waals surface area (Å²) in [7, 11) is 0. The molecule has 2 rings (SSSR count). The average molecular weight is 310 g/mol. The van der Waals surface area contributed by atoms with E-state index in [4.69, 9.17) is 4.74 Å². The molecule has 0 spiro atoms. The molecule has 0 fully saturated rings. The van der Waals surface area contributed by atoms with Crippen molar-refractivity contribution in [1.82, 2.24) is 4.98 Å². The van der Waals surface area contributed by atoms with Crippen molar-refractivity contribution in [2.75, 3.05) is 11.9 Å². The molecular formula is C14H12F2N2O4. The number of H-pyrrole nitrogens is 1. The molecule has 1 heterocycles. The molecule has 2 N–H and O–H groups in total. The van der Waals surface area contributed by atoms with Crippen LogP contribution in [0.3, 0.4) is 0 Å². The summed E-state index contributed by atoms with van der Waals surface area (Å²) in [6.07, 6.45) is 1.54. The zero-order chi connectivity index (χ0) is 15.9. The SMILES string of the molecule is O=C(COC(=O)c1ccc[nH]1)Nc1ccccc1OC(F)F. The number of alkyl halides is 2. The number of carbonyl (C=O) groups excluding carboxylic acids is 2. The quantitative estimate of drug-likeness (QED) is 0.803. The van der Waals surface area contributed by atoms with Gasteiger partial charge in [0.25, 0.3) is 5.91 Å². The van der Waals surface area contributed by atoms with Gasteiger partial charge in [0.2, 0.25) is 0 Å². The van der Waals surface area contributed by atoms with Gasteiger partial charge >= 0.3 is 12.6 Å². The Morgan fingerprint density at radius 3 is 2.64 bits per heavy atom. The Morgan fingerprint density at radius 2 is 1.95 bits per heavy atom. The van der Waals surface area contributed by atoms with Crippen LogP contribution in [0.4, 0.5) is 14.5 Å². The van der Waals surface area contributed by atoms with Crippen LogP contribution in [-0.2, 0) is 9.53 Å². The summed E-state index contributed by atoms with van der Waals surface area (Å²) < 4.78 is 33.5. The number of aromatic nitrogens is 1. The van der Waals surface area contributed by atoms with Crippen LogP contribution in [0.25, 0.3) is 0 Å². The molecular weight excluding hydrogens is 298 g/mol. The number of hydrogen-bond acceptors (Lipinski definition) is 4. The van der Waals surface area contributed by atoms with Gasteiger partial charge in [0.15, 0.2) is 6.61 Å². The highest BCUT2D eigenvalue weighted by Crippen LogP contribution is 2.25. The van der Waals surface area contributed by atoms with E-state index in [1.807, 2.05) is 0 Å². The molecule has 0 radical (unpaired) electrons. The molecule has 22 heavy (non-hydrogen) atoms. The van der Waals surface area contributed by atoms with Crippen molar-refractivity contribution in [3.05, 3.63) is 48.3 Å². The number of hydrogen-bond donors (Lipinski definition) is 2. The number of rotatable bonds is 6. The van der Waals surface area contributed by atoms with E-state index in [1.165, 1.54) is 30.5 Å². The third-order valence-corrected chi connectivity index (χ3v) is 2.53. The summed E-state index contributed by atoms with van der Waals surface area (Å²) in [6, 6.07) is 8.80. The summed E-state index contributed by atoms with van der Waals surface area (Å²) in [6.45, 7) is -3.57. The summed E-state index contributed by atoms with van der Waals surface area (Å²) in [4.78, 5) is 25.8. The number of aromatic amines is 1. The van der Waals surface area contributed by atoms with Crippen molar-refractivity contribution in [1.29, 1.82) is 0 Å². The molecule has 1 amide bonds. The maximum atomic E-state index is 12.2. The highest BCUT2D eigenvalue weighted by molar-refractivity contribution is 5.95. The number of para-hydroxylation sites is 2. The lowest BCUT2D eigenvalue weighted by atomic mass is 10.3. The number of anilines is 1.